The number of nitrogens with zero attached hydrogens (tertiary/aromatic N) is 3. The zero-order chi connectivity index (χ0) is 14.5. The van der Waals surface area contributed by atoms with Gasteiger partial charge in [0, 0.05) is 18.9 Å². The highest BCUT2D eigenvalue weighted by atomic mass is 16.3. The zero-order valence-corrected chi connectivity index (χ0v) is 11.1. The van der Waals surface area contributed by atoms with E-state index in [1.165, 1.54) is 0 Å². The minimum atomic E-state index is -0.279. The van der Waals surface area contributed by atoms with Crippen LogP contribution in [0.5, 0.6) is 0 Å². The molecule has 0 unspecified atom stereocenters. The van der Waals surface area contributed by atoms with Crippen molar-refractivity contribution in [2.24, 2.45) is 0 Å². The second kappa shape index (κ2) is 6.00. The van der Waals surface area contributed by atoms with Gasteiger partial charge in [-0.1, -0.05) is 0 Å². The van der Waals surface area contributed by atoms with Crippen molar-refractivity contribution in [3.05, 3.63) is 70.3 Å². The van der Waals surface area contributed by atoms with E-state index in [4.69, 9.17) is 4.42 Å². The first-order valence-electron chi connectivity index (χ1n) is 6.42. The van der Waals surface area contributed by atoms with E-state index in [1.54, 1.807) is 30.8 Å². The van der Waals surface area contributed by atoms with Crippen molar-refractivity contribution in [3.63, 3.8) is 0 Å². The molecule has 0 aromatic carbocycles. The highest BCUT2D eigenvalue weighted by molar-refractivity contribution is 5.25. The number of H-pyrrole nitrogens is 1. The Labute approximate surface area is 120 Å². The lowest BCUT2D eigenvalue weighted by Gasteiger charge is -2.04. The van der Waals surface area contributed by atoms with Gasteiger partial charge in [-0.3, -0.25) is 14.8 Å². The number of aromatic nitrogens is 4. The molecule has 0 radical (unpaired) electrons. The number of nitrogens with one attached hydrogen (secondary N) is 2. The fraction of sp³-hybridized carbons (Fsp3) is 0.143. The molecule has 0 amide bonds. The number of pyridine rings is 1. The van der Waals surface area contributed by atoms with Crippen molar-refractivity contribution >= 4 is 5.95 Å². The molecule has 0 atom stereocenters. The normalized spacial score (nSPS) is 10.5. The molecule has 0 aliphatic heterocycles. The summed E-state index contributed by atoms with van der Waals surface area (Å²) in [6.45, 7) is 0.532. The minimum absolute atomic E-state index is 0.279. The predicted octanol–water partition coefficient (Wildman–Crippen LogP) is 1.36. The molecule has 0 saturated heterocycles. The van der Waals surface area contributed by atoms with Gasteiger partial charge in [0.25, 0.3) is 5.56 Å². The molecule has 2 N–H and O–H groups in total. The number of rotatable bonds is 5. The maximum absolute atomic E-state index is 11.9. The molecule has 0 saturated carbocycles. The second-order valence-electron chi connectivity index (χ2n) is 4.41. The van der Waals surface area contributed by atoms with Crippen LogP contribution in [0.4, 0.5) is 5.95 Å². The van der Waals surface area contributed by atoms with Gasteiger partial charge in [0.2, 0.25) is 5.95 Å². The van der Waals surface area contributed by atoms with Crippen molar-refractivity contribution in [2.75, 3.05) is 5.32 Å². The van der Waals surface area contributed by atoms with Crippen molar-refractivity contribution in [1.29, 1.82) is 0 Å². The molecule has 0 aliphatic rings. The SMILES string of the molecule is O=c1[nH]c(NCc2ccncc2)nnc1Cc1ccco1. The average molecular weight is 283 g/mol. The largest absolute Gasteiger partial charge is 0.469 e. The van der Waals surface area contributed by atoms with E-state index in [0.29, 0.717) is 30.4 Å². The molecule has 0 spiro atoms. The third kappa shape index (κ3) is 3.33. The maximum atomic E-state index is 11.9. The van der Waals surface area contributed by atoms with Crippen LogP contribution in [0.25, 0.3) is 0 Å². The Morgan fingerprint density at radius 3 is 2.76 bits per heavy atom. The summed E-state index contributed by atoms with van der Waals surface area (Å²) in [7, 11) is 0. The Morgan fingerprint density at radius 2 is 2.05 bits per heavy atom. The van der Waals surface area contributed by atoms with Gasteiger partial charge in [0.05, 0.1) is 12.7 Å². The van der Waals surface area contributed by atoms with E-state index in [-0.39, 0.29) is 5.56 Å². The number of hydrogen-bond donors (Lipinski definition) is 2. The Balaban J connectivity index is 1.68. The van der Waals surface area contributed by atoms with Gasteiger partial charge in [0.15, 0.2) is 0 Å². The van der Waals surface area contributed by atoms with Crippen LogP contribution >= 0.6 is 0 Å². The van der Waals surface area contributed by atoms with Crippen molar-refractivity contribution in [3.8, 4) is 0 Å². The smallest absolute Gasteiger partial charge is 0.274 e. The van der Waals surface area contributed by atoms with E-state index in [2.05, 4.69) is 25.5 Å². The van der Waals surface area contributed by atoms with Gasteiger partial charge in [-0.05, 0) is 29.8 Å². The number of hydrogen-bond acceptors (Lipinski definition) is 6. The van der Waals surface area contributed by atoms with Gasteiger partial charge in [0.1, 0.15) is 11.5 Å². The van der Waals surface area contributed by atoms with E-state index >= 15 is 0 Å². The van der Waals surface area contributed by atoms with Gasteiger partial charge < -0.3 is 9.73 Å². The first-order valence-corrected chi connectivity index (χ1v) is 6.42. The summed E-state index contributed by atoms with van der Waals surface area (Å²) in [5.74, 6) is 1.01. The molecular formula is C14H13N5O2. The second-order valence-corrected chi connectivity index (χ2v) is 4.41. The van der Waals surface area contributed by atoms with Crippen LogP contribution in [-0.2, 0) is 13.0 Å². The van der Waals surface area contributed by atoms with Crippen molar-refractivity contribution in [2.45, 2.75) is 13.0 Å². The molecule has 7 nitrogen and oxygen atoms in total. The van der Waals surface area contributed by atoms with Crippen LogP contribution in [0, 0.1) is 0 Å². The molecule has 0 bridgehead atoms. The standard InChI is InChI=1S/C14H13N5O2/c20-13-12(8-11-2-1-7-21-11)18-19-14(17-13)16-9-10-3-5-15-6-4-10/h1-7H,8-9H2,(H2,16,17,19,20). The van der Waals surface area contributed by atoms with Crippen LogP contribution in [0.1, 0.15) is 17.0 Å². The number of aromatic amines is 1. The molecule has 3 heterocycles. The summed E-state index contributed by atoms with van der Waals surface area (Å²) in [6.07, 6.45) is 5.29. The molecule has 3 aromatic heterocycles. The third-order valence-corrected chi connectivity index (χ3v) is 2.90. The number of furan rings is 1. The molecule has 7 heteroatoms. The van der Waals surface area contributed by atoms with Crippen molar-refractivity contribution < 1.29 is 4.42 Å². The Bertz CT molecular complexity index is 753. The summed E-state index contributed by atoms with van der Waals surface area (Å²) < 4.78 is 5.19. The van der Waals surface area contributed by atoms with Crippen LogP contribution in [0.15, 0.2) is 52.1 Å². The van der Waals surface area contributed by atoms with Crippen LogP contribution in [-0.4, -0.2) is 20.2 Å². The Hall–Kier alpha value is -2.96. The monoisotopic (exact) mass is 283 g/mol. The van der Waals surface area contributed by atoms with E-state index in [9.17, 15) is 4.79 Å². The highest BCUT2D eigenvalue weighted by Gasteiger charge is 2.07. The van der Waals surface area contributed by atoms with Crippen LogP contribution < -0.4 is 10.9 Å². The zero-order valence-electron chi connectivity index (χ0n) is 11.1. The lowest BCUT2D eigenvalue weighted by atomic mass is 10.2. The summed E-state index contributed by atoms with van der Waals surface area (Å²) in [6, 6.07) is 7.31. The molecule has 21 heavy (non-hydrogen) atoms. The Morgan fingerprint density at radius 1 is 1.19 bits per heavy atom. The third-order valence-electron chi connectivity index (χ3n) is 2.90. The number of anilines is 1. The highest BCUT2D eigenvalue weighted by Crippen LogP contribution is 2.05. The fourth-order valence-electron chi connectivity index (χ4n) is 1.82. The van der Waals surface area contributed by atoms with Gasteiger partial charge in [-0.25, -0.2) is 0 Å². The molecule has 3 aromatic rings. The minimum Gasteiger partial charge on any atom is -0.469 e. The van der Waals surface area contributed by atoms with Crippen LogP contribution in [0.3, 0.4) is 0 Å². The lowest BCUT2D eigenvalue weighted by molar-refractivity contribution is 0.517. The van der Waals surface area contributed by atoms with Crippen LogP contribution in [0.2, 0.25) is 0 Å². The predicted molar refractivity (Wildman–Crippen MR) is 75.7 cm³/mol. The summed E-state index contributed by atoms with van der Waals surface area (Å²) in [5, 5.41) is 10.9. The summed E-state index contributed by atoms with van der Waals surface area (Å²) in [5.41, 5.74) is 1.07. The maximum Gasteiger partial charge on any atom is 0.274 e. The van der Waals surface area contributed by atoms with Gasteiger partial charge >= 0.3 is 0 Å². The summed E-state index contributed by atoms with van der Waals surface area (Å²) in [4.78, 5) is 18.5. The topological polar surface area (TPSA) is 96.7 Å². The molecular weight excluding hydrogens is 270 g/mol. The van der Waals surface area contributed by atoms with Gasteiger partial charge in [-0.15, -0.1) is 10.2 Å². The lowest BCUT2D eigenvalue weighted by Crippen LogP contribution is -2.19. The van der Waals surface area contributed by atoms with Gasteiger partial charge in [-0.2, -0.15) is 0 Å². The average Bonchev–Trinajstić information content (AvgIpc) is 3.02. The van der Waals surface area contributed by atoms with Crippen molar-refractivity contribution in [1.82, 2.24) is 20.2 Å². The Kier molecular flexibility index (Phi) is 3.72. The summed E-state index contributed by atoms with van der Waals surface area (Å²) >= 11 is 0. The van der Waals surface area contributed by atoms with E-state index < -0.39 is 0 Å². The molecule has 3 rings (SSSR count). The fourth-order valence-corrected chi connectivity index (χ4v) is 1.82. The first-order chi connectivity index (χ1) is 10.3. The quantitative estimate of drug-likeness (QED) is 0.733. The molecule has 106 valence electrons. The van der Waals surface area contributed by atoms with E-state index in [0.717, 1.165) is 5.56 Å². The molecule has 0 fully saturated rings. The first kappa shape index (κ1) is 13.0. The molecule has 0 aliphatic carbocycles. The van der Waals surface area contributed by atoms with E-state index in [1.807, 2.05) is 12.1 Å².